The third-order valence-electron chi connectivity index (χ3n) is 3.17. The maximum Gasteiger partial charge on any atom is 0.259 e. The summed E-state index contributed by atoms with van der Waals surface area (Å²) in [5.74, 6) is -1.40. The smallest absolute Gasteiger partial charge is 0.259 e. The zero-order chi connectivity index (χ0) is 15.7. The third-order valence-corrected chi connectivity index (χ3v) is 3.67. The molecule has 1 heterocycles. The first-order chi connectivity index (χ1) is 10.6. The Morgan fingerprint density at radius 2 is 2.00 bits per heavy atom. The topological polar surface area (TPSA) is 62.2 Å². The number of anilines is 1. The van der Waals surface area contributed by atoms with E-state index in [0.29, 0.717) is 15.4 Å². The Labute approximate surface area is 141 Å². The van der Waals surface area contributed by atoms with Crippen molar-refractivity contribution in [3.05, 3.63) is 64.5 Å². The lowest BCUT2D eigenvalue weighted by Gasteiger charge is -2.09. The summed E-state index contributed by atoms with van der Waals surface area (Å²) in [5.41, 5.74) is 0.397. The van der Waals surface area contributed by atoms with E-state index in [0.717, 1.165) is 0 Å². The van der Waals surface area contributed by atoms with Gasteiger partial charge in [-0.05, 0) is 30.3 Å². The Bertz CT molecular complexity index is 884. The summed E-state index contributed by atoms with van der Waals surface area (Å²) >= 11 is 3.15. The fraction of sp³-hybridized carbons (Fsp3) is 0.0588. The number of benzene rings is 2. The molecule has 0 bridgehead atoms. The largest absolute Gasteiger partial charge is 0.505 e. The number of amides is 1. The minimum Gasteiger partial charge on any atom is -0.505 e. The highest BCUT2D eigenvalue weighted by molar-refractivity contribution is 9.10. The minimum absolute atomic E-state index is 0. The van der Waals surface area contributed by atoms with Gasteiger partial charge in [0.05, 0.1) is 11.3 Å². The van der Waals surface area contributed by atoms with Gasteiger partial charge >= 0.3 is 0 Å². The van der Waals surface area contributed by atoms with Crippen LogP contribution in [0.2, 0.25) is 0 Å². The molecular formula is C17H14BrFN2O2. The van der Waals surface area contributed by atoms with Gasteiger partial charge in [0.2, 0.25) is 0 Å². The summed E-state index contributed by atoms with van der Waals surface area (Å²) in [6, 6.07) is 11.0. The highest BCUT2D eigenvalue weighted by Crippen LogP contribution is 2.28. The van der Waals surface area contributed by atoms with Crippen molar-refractivity contribution in [3.63, 3.8) is 0 Å². The van der Waals surface area contributed by atoms with Crippen molar-refractivity contribution in [3.8, 4) is 5.75 Å². The molecular weight excluding hydrogens is 363 g/mol. The van der Waals surface area contributed by atoms with Crippen LogP contribution in [0, 0.1) is 5.82 Å². The molecule has 0 saturated carbocycles. The number of fused-ring (bicyclic) bond motifs is 1. The van der Waals surface area contributed by atoms with E-state index in [4.69, 9.17) is 0 Å². The molecule has 0 saturated heterocycles. The Kier molecular flexibility index (Phi) is 4.95. The van der Waals surface area contributed by atoms with Gasteiger partial charge in [0.15, 0.2) is 5.75 Å². The molecule has 0 fully saturated rings. The molecule has 3 aromatic rings. The first-order valence-corrected chi connectivity index (χ1v) is 7.18. The number of nitrogens with zero attached hydrogens (tertiary/aromatic N) is 1. The molecule has 1 amide bonds. The van der Waals surface area contributed by atoms with Crippen molar-refractivity contribution < 1.29 is 14.3 Å². The summed E-state index contributed by atoms with van der Waals surface area (Å²) in [4.78, 5) is 16.3. The molecule has 0 unspecified atom stereocenters. The summed E-state index contributed by atoms with van der Waals surface area (Å²) in [5, 5.41) is 13.3. The van der Waals surface area contributed by atoms with E-state index in [1.807, 2.05) is 0 Å². The van der Waals surface area contributed by atoms with E-state index in [9.17, 15) is 14.3 Å². The molecule has 0 atom stereocenters. The van der Waals surface area contributed by atoms with Crippen LogP contribution in [-0.2, 0) is 0 Å². The number of aromatic hydroxyl groups is 1. The number of rotatable bonds is 2. The van der Waals surface area contributed by atoms with Crippen molar-refractivity contribution in [2.45, 2.75) is 7.43 Å². The van der Waals surface area contributed by atoms with E-state index >= 15 is 0 Å². The van der Waals surface area contributed by atoms with Gasteiger partial charge in [-0.15, -0.1) is 0 Å². The van der Waals surface area contributed by atoms with Gasteiger partial charge in [0, 0.05) is 16.1 Å². The van der Waals surface area contributed by atoms with Crippen LogP contribution in [-0.4, -0.2) is 16.0 Å². The van der Waals surface area contributed by atoms with Gasteiger partial charge in [-0.25, -0.2) is 4.39 Å². The van der Waals surface area contributed by atoms with Gasteiger partial charge in [0.25, 0.3) is 5.91 Å². The quantitative estimate of drug-likeness (QED) is 0.679. The second kappa shape index (κ2) is 6.75. The van der Waals surface area contributed by atoms with Gasteiger partial charge in [-0.1, -0.05) is 35.5 Å². The average molecular weight is 377 g/mol. The highest BCUT2D eigenvalue weighted by Gasteiger charge is 2.16. The number of carbonyl (C=O) groups is 1. The van der Waals surface area contributed by atoms with Gasteiger partial charge in [0.1, 0.15) is 11.3 Å². The standard InChI is InChI=1S/C16H10BrFN2O2.CH4/c17-10-4-6-13(12(18)8-10)20-16(22)11-5-3-9-2-1-7-19-14(9)15(11)21;/h1-8,21H,(H,20,22);1H4. The number of hydrogen-bond acceptors (Lipinski definition) is 3. The Hall–Kier alpha value is -2.47. The van der Waals surface area contributed by atoms with Crippen molar-refractivity contribution in [2.24, 2.45) is 0 Å². The van der Waals surface area contributed by atoms with Crippen molar-refractivity contribution >= 4 is 38.4 Å². The molecule has 4 nitrogen and oxygen atoms in total. The third kappa shape index (κ3) is 3.32. The van der Waals surface area contributed by atoms with E-state index < -0.39 is 11.7 Å². The molecule has 6 heteroatoms. The SMILES string of the molecule is C.O=C(Nc1ccc(Br)cc1F)c1ccc2cccnc2c1O. The molecule has 0 radical (unpaired) electrons. The van der Waals surface area contributed by atoms with E-state index in [1.165, 1.54) is 24.4 Å². The lowest BCUT2D eigenvalue weighted by atomic mass is 10.1. The maximum atomic E-state index is 13.8. The number of nitrogens with one attached hydrogen (secondary N) is 1. The molecule has 23 heavy (non-hydrogen) atoms. The fourth-order valence-electron chi connectivity index (χ4n) is 2.09. The van der Waals surface area contributed by atoms with Crippen LogP contribution in [0.4, 0.5) is 10.1 Å². The predicted octanol–water partition coefficient (Wildman–Crippen LogP) is 4.73. The number of hydrogen-bond donors (Lipinski definition) is 2. The average Bonchev–Trinajstić information content (AvgIpc) is 2.50. The number of aromatic nitrogens is 1. The number of phenolic OH excluding ortho intramolecular Hbond substituents is 1. The molecule has 0 aliphatic heterocycles. The zero-order valence-corrected chi connectivity index (χ0v) is 12.8. The lowest BCUT2D eigenvalue weighted by Crippen LogP contribution is -2.13. The first kappa shape index (κ1) is 16.9. The summed E-state index contributed by atoms with van der Waals surface area (Å²) in [6.07, 6.45) is 1.53. The highest BCUT2D eigenvalue weighted by atomic mass is 79.9. The Morgan fingerprint density at radius 1 is 1.22 bits per heavy atom. The first-order valence-electron chi connectivity index (χ1n) is 6.39. The van der Waals surface area contributed by atoms with Gasteiger partial charge in [-0.3, -0.25) is 9.78 Å². The monoisotopic (exact) mass is 376 g/mol. The van der Waals surface area contributed by atoms with Crippen LogP contribution in [0.5, 0.6) is 5.75 Å². The van der Waals surface area contributed by atoms with Crippen LogP contribution >= 0.6 is 15.9 Å². The Morgan fingerprint density at radius 3 is 2.74 bits per heavy atom. The second-order valence-corrected chi connectivity index (χ2v) is 5.53. The van der Waals surface area contributed by atoms with E-state index in [1.54, 1.807) is 24.3 Å². The molecule has 0 aliphatic rings. The van der Waals surface area contributed by atoms with Crippen molar-refractivity contribution in [2.75, 3.05) is 5.32 Å². The Balaban J connectivity index is 0.00000192. The summed E-state index contributed by atoms with van der Waals surface area (Å²) < 4.78 is 14.3. The number of halogens is 2. The molecule has 118 valence electrons. The zero-order valence-electron chi connectivity index (χ0n) is 11.2. The fourth-order valence-corrected chi connectivity index (χ4v) is 2.43. The van der Waals surface area contributed by atoms with E-state index in [-0.39, 0.29) is 24.4 Å². The van der Waals surface area contributed by atoms with Crippen molar-refractivity contribution in [1.82, 2.24) is 4.98 Å². The van der Waals surface area contributed by atoms with Crippen LogP contribution in [0.1, 0.15) is 17.8 Å². The van der Waals surface area contributed by atoms with E-state index in [2.05, 4.69) is 26.2 Å². The normalized spacial score (nSPS) is 10.2. The minimum atomic E-state index is -0.605. The summed E-state index contributed by atoms with van der Waals surface area (Å²) in [7, 11) is 0. The maximum absolute atomic E-state index is 13.8. The predicted molar refractivity (Wildman–Crippen MR) is 92.2 cm³/mol. The molecule has 2 N–H and O–H groups in total. The van der Waals surface area contributed by atoms with Crippen LogP contribution in [0.25, 0.3) is 10.9 Å². The van der Waals surface area contributed by atoms with Crippen molar-refractivity contribution in [1.29, 1.82) is 0 Å². The summed E-state index contributed by atoms with van der Waals surface area (Å²) in [6.45, 7) is 0. The van der Waals surface area contributed by atoms with Gasteiger partial charge < -0.3 is 10.4 Å². The number of pyridine rings is 1. The molecule has 1 aromatic heterocycles. The number of carbonyl (C=O) groups excluding carboxylic acids is 1. The molecule has 3 rings (SSSR count). The number of phenols is 1. The van der Waals surface area contributed by atoms with Crippen LogP contribution < -0.4 is 5.32 Å². The molecule has 0 spiro atoms. The van der Waals surface area contributed by atoms with Crippen LogP contribution in [0.15, 0.2) is 53.1 Å². The van der Waals surface area contributed by atoms with Gasteiger partial charge in [-0.2, -0.15) is 0 Å². The molecule has 0 aliphatic carbocycles. The lowest BCUT2D eigenvalue weighted by molar-refractivity contribution is 0.102. The second-order valence-electron chi connectivity index (χ2n) is 4.62. The molecule has 2 aromatic carbocycles. The van der Waals surface area contributed by atoms with Crippen LogP contribution in [0.3, 0.4) is 0 Å².